The van der Waals surface area contributed by atoms with Crippen LogP contribution in [0.4, 0.5) is 0 Å². The van der Waals surface area contributed by atoms with Crippen LogP contribution in [-0.4, -0.2) is 19.7 Å². The van der Waals surface area contributed by atoms with Gasteiger partial charge in [-0.1, -0.05) is 18.2 Å². The van der Waals surface area contributed by atoms with E-state index in [0.29, 0.717) is 16.7 Å². The van der Waals surface area contributed by atoms with Crippen molar-refractivity contribution in [2.75, 3.05) is 0 Å². The highest BCUT2D eigenvalue weighted by molar-refractivity contribution is 5.81. The van der Waals surface area contributed by atoms with E-state index < -0.39 is 0 Å². The first-order chi connectivity index (χ1) is 11.6. The van der Waals surface area contributed by atoms with Crippen LogP contribution >= 0.6 is 0 Å². The number of aryl methyl sites for hydroxylation is 2. The Balaban J connectivity index is 2.05. The molecule has 0 aliphatic rings. The van der Waals surface area contributed by atoms with Gasteiger partial charge in [0, 0.05) is 18.0 Å². The minimum absolute atomic E-state index is 0.138. The van der Waals surface area contributed by atoms with Gasteiger partial charge in [-0.15, -0.1) is 0 Å². The van der Waals surface area contributed by atoms with E-state index in [9.17, 15) is 4.79 Å². The van der Waals surface area contributed by atoms with Crippen LogP contribution in [0.25, 0.3) is 28.0 Å². The van der Waals surface area contributed by atoms with Gasteiger partial charge in [-0.3, -0.25) is 4.79 Å². The van der Waals surface area contributed by atoms with Crippen LogP contribution in [-0.2, 0) is 0 Å². The predicted molar refractivity (Wildman–Crippen MR) is 94.4 cm³/mol. The van der Waals surface area contributed by atoms with Crippen LogP contribution in [0.2, 0.25) is 0 Å². The molecular formula is C19H16N4O. The summed E-state index contributed by atoms with van der Waals surface area (Å²) in [6, 6.07) is 13.3. The van der Waals surface area contributed by atoms with Crippen LogP contribution in [0.15, 0.2) is 59.7 Å². The number of fused-ring (bicyclic) bond motifs is 1. The van der Waals surface area contributed by atoms with Gasteiger partial charge in [0.05, 0.1) is 16.6 Å². The zero-order chi connectivity index (χ0) is 16.7. The van der Waals surface area contributed by atoms with Crippen LogP contribution in [0, 0.1) is 13.8 Å². The number of aromatic nitrogens is 4. The molecule has 24 heavy (non-hydrogen) atoms. The second-order valence-electron chi connectivity index (χ2n) is 5.86. The summed E-state index contributed by atoms with van der Waals surface area (Å²) in [5, 5.41) is 4.93. The van der Waals surface area contributed by atoms with Gasteiger partial charge in [0.1, 0.15) is 5.82 Å². The summed E-state index contributed by atoms with van der Waals surface area (Å²) in [5.41, 5.74) is 4.50. The average molecular weight is 316 g/mol. The van der Waals surface area contributed by atoms with Crippen molar-refractivity contribution in [1.82, 2.24) is 19.7 Å². The van der Waals surface area contributed by atoms with Crippen molar-refractivity contribution >= 4 is 10.9 Å². The maximum Gasteiger partial charge on any atom is 0.259 e. The van der Waals surface area contributed by atoms with Gasteiger partial charge >= 0.3 is 0 Å². The van der Waals surface area contributed by atoms with Gasteiger partial charge in [0.2, 0.25) is 0 Å². The van der Waals surface area contributed by atoms with Crippen LogP contribution in [0.1, 0.15) is 11.1 Å². The SMILES string of the molecule is Cc1cc(C)c(-n2cccn2)c(-c2nc3ccccc3c(=O)[nH]2)c1. The number of nitrogens with one attached hydrogen (secondary N) is 1. The van der Waals surface area contributed by atoms with Crippen molar-refractivity contribution in [1.29, 1.82) is 0 Å². The van der Waals surface area contributed by atoms with Crippen LogP contribution in [0.3, 0.4) is 0 Å². The van der Waals surface area contributed by atoms with E-state index >= 15 is 0 Å². The first kappa shape index (κ1) is 14.4. The highest BCUT2D eigenvalue weighted by Gasteiger charge is 2.14. The lowest BCUT2D eigenvalue weighted by Gasteiger charge is -2.14. The number of benzene rings is 2. The molecule has 2 aromatic heterocycles. The second kappa shape index (κ2) is 5.45. The fourth-order valence-electron chi connectivity index (χ4n) is 3.06. The van der Waals surface area contributed by atoms with Gasteiger partial charge in [-0.25, -0.2) is 9.67 Å². The molecular weight excluding hydrogens is 300 g/mol. The molecule has 2 heterocycles. The highest BCUT2D eigenvalue weighted by Crippen LogP contribution is 2.28. The summed E-state index contributed by atoms with van der Waals surface area (Å²) in [6.45, 7) is 4.06. The van der Waals surface area contributed by atoms with Crippen molar-refractivity contribution in [2.24, 2.45) is 0 Å². The smallest absolute Gasteiger partial charge is 0.259 e. The molecule has 0 fully saturated rings. The van der Waals surface area contributed by atoms with Crippen molar-refractivity contribution in [3.8, 4) is 17.1 Å². The molecule has 118 valence electrons. The molecule has 0 unspecified atom stereocenters. The van der Waals surface area contributed by atoms with Gasteiger partial charge in [0.15, 0.2) is 0 Å². The molecule has 0 amide bonds. The maximum absolute atomic E-state index is 12.4. The first-order valence-corrected chi connectivity index (χ1v) is 7.74. The Kier molecular flexibility index (Phi) is 3.27. The number of hydrogen-bond acceptors (Lipinski definition) is 3. The van der Waals surface area contributed by atoms with Gasteiger partial charge in [0.25, 0.3) is 5.56 Å². The zero-order valence-corrected chi connectivity index (χ0v) is 13.4. The first-order valence-electron chi connectivity index (χ1n) is 7.74. The zero-order valence-electron chi connectivity index (χ0n) is 13.4. The van der Waals surface area contributed by atoms with E-state index in [1.807, 2.05) is 50.4 Å². The molecule has 5 nitrogen and oxygen atoms in total. The normalized spacial score (nSPS) is 11.1. The molecule has 0 saturated carbocycles. The standard InChI is InChI=1S/C19H16N4O/c1-12-10-13(2)17(23-9-5-8-20-23)15(11-12)18-21-16-7-4-3-6-14(16)19(24)22-18/h3-11H,1-2H3,(H,21,22,24). The summed E-state index contributed by atoms with van der Waals surface area (Å²) in [6.07, 6.45) is 3.62. The van der Waals surface area contributed by atoms with Gasteiger partial charge in [-0.2, -0.15) is 5.10 Å². The van der Waals surface area contributed by atoms with E-state index in [-0.39, 0.29) is 5.56 Å². The Morgan fingerprint density at radius 3 is 2.71 bits per heavy atom. The highest BCUT2D eigenvalue weighted by atomic mass is 16.1. The monoisotopic (exact) mass is 316 g/mol. The summed E-state index contributed by atoms with van der Waals surface area (Å²) in [5.74, 6) is 0.552. The minimum Gasteiger partial charge on any atom is -0.306 e. The molecule has 0 aliphatic carbocycles. The van der Waals surface area contributed by atoms with E-state index in [0.717, 1.165) is 22.4 Å². The summed E-state index contributed by atoms with van der Waals surface area (Å²) in [7, 11) is 0. The predicted octanol–water partition coefficient (Wildman–Crippen LogP) is 3.39. The van der Waals surface area contributed by atoms with E-state index in [2.05, 4.69) is 21.1 Å². The lowest BCUT2D eigenvalue weighted by atomic mass is 10.0. The summed E-state index contributed by atoms with van der Waals surface area (Å²) >= 11 is 0. The Bertz CT molecular complexity index is 1090. The number of rotatable bonds is 2. The van der Waals surface area contributed by atoms with Gasteiger partial charge in [-0.05, 0) is 49.2 Å². The number of aromatic amines is 1. The molecule has 1 N–H and O–H groups in total. The molecule has 0 radical (unpaired) electrons. The van der Waals surface area contributed by atoms with Crippen molar-refractivity contribution < 1.29 is 0 Å². The van der Waals surface area contributed by atoms with E-state index in [1.165, 1.54) is 0 Å². The Hall–Kier alpha value is -3.21. The molecule has 0 atom stereocenters. The quantitative estimate of drug-likeness (QED) is 0.616. The topological polar surface area (TPSA) is 63.6 Å². The van der Waals surface area contributed by atoms with Crippen molar-refractivity contribution in [3.05, 3.63) is 76.3 Å². The second-order valence-corrected chi connectivity index (χ2v) is 5.86. The molecule has 0 aliphatic heterocycles. The Morgan fingerprint density at radius 2 is 1.92 bits per heavy atom. The summed E-state index contributed by atoms with van der Waals surface area (Å²) < 4.78 is 1.80. The number of nitrogens with zero attached hydrogens (tertiary/aromatic N) is 3. The van der Waals surface area contributed by atoms with Crippen molar-refractivity contribution in [2.45, 2.75) is 13.8 Å². The van der Waals surface area contributed by atoms with E-state index in [4.69, 9.17) is 0 Å². The minimum atomic E-state index is -0.138. The Morgan fingerprint density at radius 1 is 1.08 bits per heavy atom. The number of hydrogen-bond donors (Lipinski definition) is 1. The Labute approximate surface area is 138 Å². The largest absolute Gasteiger partial charge is 0.306 e. The van der Waals surface area contributed by atoms with Gasteiger partial charge < -0.3 is 4.98 Å². The molecule has 2 aromatic carbocycles. The molecule has 4 aromatic rings. The van der Waals surface area contributed by atoms with Crippen LogP contribution < -0.4 is 5.56 Å². The van der Waals surface area contributed by atoms with E-state index in [1.54, 1.807) is 16.9 Å². The van der Waals surface area contributed by atoms with Crippen LogP contribution in [0.5, 0.6) is 0 Å². The lowest BCUT2D eigenvalue weighted by Crippen LogP contribution is -2.11. The fourth-order valence-corrected chi connectivity index (χ4v) is 3.06. The average Bonchev–Trinajstić information content (AvgIpc) is 3.08. The lowest BCUT2D eigenvalue weighted by molar-refractivity contribution is 0.871. The third-order valence-electron chi connectivity index (χ3n) is 4.05. The fraction of sp³-hybridized carbons (Fsp3) is 0.105. The maximum atomic E-state index is 12.4. The third-order valence-corrected chi connectivity index (χ3v) is 4.05. The molecule has 0 bridgehead atoms. The third kappa shape index (κ3) is 2.31. The molecule has 0 spiro atoms. The number of H-pyrrole nitrogens is 1. The molecule has 5 heteroatoms. The molecule has 4 rings (SSSR count). The van der Waals surface area contributed by atoms with Crippen molar-refractivity contribution in [3.63, 3.8) is 0 Å². The summed E-state index contributed by atoms with van der Waals surface area (Å²) in [4.78, 5) is 20.0. The number of para-hydroxylation sites is 1. The molecule has 0 saturated heterocycles.